The molecule has 0 atom stereocenters. The van der Waals surface area contributed by atoms with Gasteiger partial charge in [0.1, 0.15) is 0 Å². The number of amides is 1. The van der Waals surface area contributed by atoms with Crippen LogP contribution in [0.1, 0.15) is 25.8 Å². The highest BCUT2D eigenvalue weighted by molar-refractivity contribution is 6.30. The van der Waals surface area contributed by atoms with Crippen molar-refractivity contribution in [1.82, 2.24) is 4.90 Å². The summed E-state index contributed by atoms with van der Waals surface area (Å²) in [6.07, 6.45) is 1.09. The molecule has 1 aromatic carbocycles. The lowest BCUT2D eigenvalue weighted by atomic mass is 10.1. The van der Waals surface area contributed by atoms with Crippen LogP contribution < -0.4 is 0 Å². The lowest BCUT2D eigenvalue weighted by molar-refractivity contribution is -0.132. The van der Waals surface area contributed by atoms with Crippen LogP contribution in [0, 0.1) is 0 Å². The van der Waals surface area contributed by atoms with Crippen molar-refractivity contribution in [2.75, 3.05) is 13.6 Å². The van der Waals surface area contributed by atoms with Gasteiger partial charge >= 0.3 is 0 Å². The first-order chi connectivity index (χ1) is 8.28. The van der Waals surface area contributed by atoms with E-state index in [4.69, 9.17) is 11.6 Å². The Bertz CT molecular complexity index is 413. The molecule has 0 aliphatic rings. The molecule has 0 saturated carbocycles. The predicted molar refractivity (Wildman–Crippen MR) is 73.7 cm³/mol. The third-order valence-corrected chi connectivity index (χ3v) is 2.80. The average molecular weight is 270 g/mol. The van der Waals surface area contributed by atoms with Crippen molar-refractivity contribution in [2.24, 2.45) is 0 Å². The summed E-state index contributed by atoms with van der Waals surface area (Å²) in [6.45, 7) is 3.71. The first-order valence-electron chi connectivity index (χ1n) is 5.99. The molecule has 0 unspecified atom stereocenters. The monoisotopic (exact) mass is 269 g/mol. The molecular weight excluding hydrogens is 250 g/mol. The van der Waals surface area contributed by atoms with Crippen LogP contribution in [-0.2, 0) is 11.2 Å². The third-order valence-electron chi connectivity index (χ3n) is 2.57. The number of hydrogen-bond acceptors (Lipinski definition) is 2. The van der Waals surface area contributed by atoms with Gasteiger partial charge in [-0.05, 0) is 38.0 Å². The highest BCUT2D eigenvalue weighted by Gasteiger charge is 2.18. The Labute approximate surface area is 113 Å². The molecule has 18 heavy (non-hydrogen) atoms. The van der Waals surface area contributed by atoms with Crippen molar-refractivity contribution in [1.29, 1.82) is 0 Å². The fraction of sp³-hybridized carbons (Fsp3) is 0.500. The molecule has 0 radical (unpaired) electrons. The zero-order valence-electron chi connectivity index (χ0n) is 11.1. The van der Waals surface area contributed by atoms with Gasteiger partial charge in [-0.2, -0.15) is 0 Å². The van der Waals surface area contributed by atoms with Gasteiger partial charge < -0.3 is 10.0 Å². The van der Waals surface area contributed by atoms with E-state index in [1.807, 2.05) is 24.3 Å². The molecule has 3 nitrogen and oxygen atoms in total. The van der Waals surface area contributed by atoms with Crippen molar-refractivity contribution in [2.45, 2.75) is 32.3 Å². The molecule has 1 aromatic rings. The number of carbonyl (C=O) groups excluding carboxylic acids is 1. The van der Waals surface area contributed by atoms with Crippen LogP contribution in [0.2, 0.25) is 5.02 Å². The molecule has 1 N–H and O–H groups in total. The van der Waals surface area contributed by atoms with Crippen molar-refractivity contribution in [3.8, 4) is 0 Å². The van der Waals surface area contributed by atoms with E-state index in [2.05, 4.69) is 0 Å². The number of aliphatic hydroxyl groups is 1. The van der Waals surface area contributed by atoms with Gasteiger partial charge in [-0.3, -0.25) is 4.79 Å². The van der Waals surface area contributed by atoms with Gasteiger partial charge in [-0.1, -0.05) is 23.7 Å². The van der Waals surface area contributed by atoms with Crippen LogP contribution in [0.25, 0.3) is 0 Å². The molecule has 100 valence electrons. The van der Waals surface area contributed by atoms with Crippen LogP contribution >= 0.6 is 11.6 Å². The second-order valence-corrected chi connectivity index (χ2v) is 5.63. The van der Waals surface area contributed by atoms with Crippen LogP contribution in [0.4, 0.5) is 0 Å². The first kappa shape index (κ1) is 15.0. The fourth-order valence-corrected chi connectivity index (χ4v) is 2.02. The van der Waals surface area contributed by atoms with Crippen LogP contribution in [0.15, 0.2) is 24.3 Å². The number of nitrogens with zero attached hydrogens (tertiary/aromatic N) is 1. The van der Waals surface area contributed by atoms with Crippen LogP contribution in [-0.4, -0.2) is 35.1 Å². The summed E-state index contributed by atoms with van der Waals surface area (Å²) in [7, 11) is 1.71. The maximum absolute atomic E-state index is 11.9. The predicted octanol–water partition coefficient (Wildman–Crippen LogP) is 2.50. The molecule has 0 bridgehead atoms. The molecule has 0 fully saturated rings. The lowest BCUT2D eigenvalue weighted by Crippen LogP contribution is -2.39. The Morgan fingerprint density at radius 1 is 1.44 bits per heavy atom. The first-order valence-corrected chi connectivity index (χ1v) is 6.36. The summed E-state index contributed by atoms with van der Waals surface area (Å²) in [5.74, 6) is 0.0251. The normalized spacial score (nSPS) is 11.4. The molecule has 0 heterocycles. The molecule has 0 aliphatic heterocycles. The summed E-state index contributed by atoms with van der Waals surface area (Å²) < 4.78 is 0. The molecule has 1 amide bonds. The van der Waals surface area contributed by atoms with Gasteiger partial charge in [0.25, 0.3) is 0 Å². The number of carbonyl (C=O) groups is 1. The van der Waals surface area contributed by atoms with E-state index in [1.165, 1.54) is 0 Å². The maximum atomic E-state index is 11.9. The molecule has 4 heteroatoms. The summed E-state index contributed by atoms with van der Waals surface area (Å²) in [6, 6.07) is 7.51. The molecular formula is C14H20ClNO2. The van der Waals surface area contributed by atoms with Crippen LogP contribution in [0.3, 0.4) is 0 Å². The summed E-state index contributed by atoms with van der Waals surface area (Å²) in [5, 5.41) is 10.3. The highest BCUT2D eigenvalue weighted by atomic mass is 35.5. The smallest absolute Gasteiger partial charge is 0.222 e. The Balaban J connectivity index is 2.46. The van der Waals surface area contributed by atoms with E-state index in [0.717, 1.165) is 5.56 Å². The summed E-state index contributed by atoms with van der Waals surface area (Å²) in [5.41, 5.74) is 0.188. The average Bonchev–Trinajstić information content (AvgIpc) is 2.23. The Hall–Kier alpha value is -1.06. The third kappa shape index (κ3) is 5.52. The van der Waals surface area contributed by atoms with E-state index in [0.29, 0.717) is 24.4 Å². The maximum Gasteiger partial charge on any atom is 0.222 e. The van der Waals surface area contributed by atoms with Gasteiger partial charge in [-0.25, -0.2) is 0 Å². The second kappa shape index (κ2) is 6.21. The quantitative estimate of drug-likeness (QED) is 0.892. The van der Waals surface area contributed by atoms with Gasteiger partial charge in [0, 0.05) is 25.0 Å². The summed E-state index contributed by atoms with van der Waals surface area (Å²) >= 11 is 5.88. The molecule has 0 spiro atoms. The van der Waals surface area contributed by atoms with Gasteiger partial charge in [0.05, 0.1) is 5.60 Å². The number of hydrogen-bond donors (Lipinski definition) is 1. The standard InChI is InChI=1S/C14H20ClNO2/c1-14(2,18)10-16(3)13(17)8-7-11-5-4-6-12(15)9-11/h4-6,9,18H,7-8,10H2,1-3H3. The van der Waals surface area contributed by atoms with Gasteiger partial charge in [0.2, 0.25) is 5.91 Å². The fourth-order valence-electron chi connectivity index (χ4n) is 1.80. The number of rotatable bonds is 5. The minimum Gasteiger partial charge on any atom is -0.389 e. The van der Waals surface area contributed by atoms with Gasteiger partial charge in [-0.15, -0.1) is 0 Å². The van der Waals surface area contributed by atoms with Gasteiger partial charge in [0.15, 0.2) is 0 Å². The van der Waals surface area contributed by atoms with Crippen molar-refractivity contribution in [3.63, 3.8) is 0 Å². The van der Waals surface area contributed by atoms with E-state index in [1.54, 1.807) is 25.8 Å². The summed E-state index contributed by atoms with van der Waals surface area (Å²) in [4.78, 5) is 13.4. The number of benzene rings is 1. The van der Waals surface area contributed by atoms with E-state index >= 15 is 0 Å². The van der Waals surface area contributed by atoms with Crippen molar-refractivity contribution >= 4 is 17.5 Å². The van der Waals surface area contributed by atoms with Crippen molar-refractivity contribution < 1.29 is 9.90 Å². The highest BCUT2D eigenvalue weighted by Crippen LogP contribution is 2.13. The molecule has 0 aliphatic carbocycles. The zero-order chi connectivity index (χ0) is 13.8. The number of halogens is 1. The molecule has 0 aromatic heterocycles. The van der Waals surface area contributed by atoms with Crippen molar-refractivity contribution in [3.05, 3.63) is 34.9 Å². The Morgan fingerprint density at radius 3 is 2.67 bits per heavy atom. The SMILES string of the molecule is CN(CC(C)(C)O)C(=O)CCc1cccc(Cl)c1. The number of aryl methyl sites for hydroxylation is 1. The second-order valence-electron chi connectivity index (χ2n) is 5.19. The lowest BCUT2D eigenvalue weighted by Gasteiger charge is -2.25. The Kier molecular flexibility index (Phi) is 5.17. The van der Waals surface area contributed by atoms with E-state index in [9.17, 15) is 9.90 Å². The minimum atomic E-state index is -0.861. The minimum absolute atomic E-state index is 0.0251. The topological polar surface area (TPSA) is 40.5 Å². The van der Waals surface area contributed by atoms with Crippen LogP contribution in [0.5, 0.6) is 0 Å². The zero-order valence-corrected chi connectivity index (χ0v) is 11.9. The molecule has 0 saturated heterocycles. The van der Waals surface area contributed by atoms with E-state index in [-0.39, 0.29) is 5.91 Å². The van der Waals surface area contributed by atoms with E-state index < -0.39 is 5.60 Å². The number of likely N-dealkylation sites (N-methyl/N-ethyl adjacent to an activating group) is 1. The largest absolute Gasteiger partial charge is 0.389 e. The Morgan fingerprint density at radius 2 is 2.11 bits per heavy atom. The molecule has 1 rings (SSSR count).